The Labute approximate surface area is 187 Å². The van der Waals surface area contributed by atoms with Crippen LogP contribution in [0.2, 0.25) is 5.02 Å². The zero-order chi connectivity index (χ0) is 21.2. The van der Waals surface area contributed by atoms with Gasteiger partial charge in [0.25, 0.3) is 0 Å². The highest BCUT2D eigenvalue weighted by atomic mass is 35.5. The minimum absolute atomic E-state index is 0.520. The van der Waals surface area contributed by atoms with Gasteiger partial charge < -0.3 is 9.15 Å². The molecule has 8 heteroatoms. The zero-order valence-corrected chi connectivity index (χ0v) is 18.1. The summed E-state index contributed by atoms with van der Waals surface area (Å²) in [7, 11) is 1.64. The molecule has 5 rings (SSSR count). The molecule has 0 fully saturated rings. The van der Waals surface area contributed by atoms with Gasteiger partial charge in [0.15, 0.2) is 16.6 Å². The first-order chi connectivity index (χ1) is 15.2. The van der Waals surface area contributed by atoms with Crippen LogP contribution in [0.25, 0.3) is 28.2 Å². The van der Waals surface area contributed by atoms with Crippen molar-refractivity contribution in [2.24, 2.45) is 0 Å². The van der Waals surface area contributed by atoms with Crippen LogP contribution < -0.4 is 4.74 Å². The summed E-state index contributed by atoms with van der Waals surface area (Å²) in [5.74, 6) is 2.56. The van der Waals surface area contributed by atoms with E-state index in [1.165, 1.54) is 11.8 Å². The Kier molecular flexibility index (Phi) is 5.36. The Hall–Kier alpha value is -3.29. The lowest BCUT2D eigenvalue weighted by Crippen LogP contribution is -2.01. The third-order valence-electron chi connectivity index (χ3n) is 4.73. The Morgan fingerprint density at radius 2 is 1.74 bits per heavy atom. The monoisotopic (exact) mass is 448 g/mol. The molecule has 0 aliphatic rings. The Morgan fingerprint density at radius 1 is 0.968 bits per heavy atom. The first kappa shape index (κ1) is 19.7. The highest BCUT2D eigenvalue weighted by Crippen LogP contribution is 2.34. The number of halogens is 1. The maximum atomic E-state index is 6.11. The Balaban J connectivity index is 1.55. The van der Waals surface area contributed by atoms with Crippen LogP contribution in [0, 0.1) is 0 Å². The predicted molar refractivity (Wildman–Crippen MR) is 122 cm³/mol. The smallest absolute Gasteiger partial charge is 0.205 e. The number of thioether (sulfide) groups is 1. The third-order valence-corrected chi connectivity index (χ3v) is 5.89. The highest BCUT2D eigenvalue weighted by Gasteiger charge is 2.19. The summed E-state index contributed by atoms with van der Waals surface area (Å²) in [6.45, 7) is 0. The number of aromatic nitrogens is 4. The summed E-state index contributed by atoms with van der Waals surface area (Å²) >= 11 is 7.61. The van der Waals surface area contributed by atoms with E-state index in [1.807, 2.05) is 77.4 Å². The van der Waals surface area contributed by atoms with Gasteiger partial charge in [-0.25, -0.2) is 4.98 Å². The van der Waals surface area contributed by atoms with E-state index in [0.717, 1.165) is 28.1 Å². The molecule has 0 bridgehead atoms. The number of methoxy groups -OCH3 is 1. The van der Waals surface area contributed by atoms with Gasteiger partial charge >= 0.3 is 0 Å². The lowest BCUT2D eigenvalue weighted by Gasteiger charge is -2.12. The van der Waals surface area contributed by atoms with Crippen molar-refractivity contribution in [3.63, 3.8) is 0 Å². The number of nitrogens with zero attached hydrogens (tertiary/aromatic N) is 4. The second kappa shape index (κ2) is 8.45. The summed E-state index contributed by atoms with van der Waals surface area (Å²) in [4.78, 5) is 4.55. The molecule has 0 saturated heterocycles. The minimum Gasteiger partial charge on any atom is -0.496 e. The van der Waals surface area contributed by atoms with Gasteiger partial charge in [-0.05, 0) is 48.5 Å². The lowest BCUT2D eigenvalue weighted by atomic mass is 10.2. The van der Waals surface area contributed by atoms with Gasteiger partial charge in [0.1, 0.15) is 11.3 Å². The molecule has 154 valence electrons. The Bertz CT molecular complexity index is 1310. The summed E-state index contributed by atoms with van der Waals surface area (Å²) in [5.41, 5.74) is 3.36. The average molecular weight is 449 g/mol. The van der Waals surface area contributed by atoms with Gasteiger partial charge in [-0.3, -0.25) is 4.57 Å². The average Bonchev–Trinajstić information content (AvgIpc) is 3.42. The van der Waals surface area contributed by atoms with Crippen molar-refractivity contribution in [1.29, 1.82) is 0 Å². The van der Waals surface area contributed by atoms with Gasteiger partial charge in [-0.1, -0.05) is 47.6 Å². The van der Waals surface area contributed by atoms with Crippen LogP contribution in [0.15, 0.2) is 82.4 Å². The molecule has 6 nitrogen and oxygen atoms in total. The molecule has 0 aliphatic heterocycles. The summed E-state index contributed by atoms with van der Waals surface area (Å²) in [5, 5.41) is 10.3. The van der Waals surface area contributed by atoms with E-state index in [9.17, 15) is 0 Å². The largest absolute Gasteiger partial charge is 0.496 e. The SMILES string of the molecule is COc1ccccc1-c1nnc(SCc2nc3ccccc3o2)n1-c1ccc(Cl)cc1. The number of hydrogen-bond acceptors (Lipinski definition) is 6. The van der Waals surface area contributed by atoms with Crippen LogP contribution in [-0.2, 0) is 5.75 Å². The standard InChI is InChI=1S/C23H17ClN4O2S/c1-29-19-8-4-2-6-17(19)22-26-27-23(28(22)16-12-10-15(24)11-13-16)31-14-21-25-18-7-3-5-9-20(18)30-21/h2-13H,14H2,1H3. The van der Waals surface area contributed by atoms with Crippen molar-refractivity contribution >= 4 is 34.5 Å². The Morgan fingerprint density at radius 3 is 2.55 bits per heavy atom. The molecular weight excluding hydrogens is 432 g/mol. The molecule has 5 aromatic rings. The molecule has 0 aliphatic carbocycles. The molecule has 0 saturated carbocycles. The molecule has 0 atom stereocenters. The minimum atomic E-state index is 0.520. The van der Waals surface area contributed by atoms with Crippen LogP contribution >= 0.6 is 23.4 Å². The highest BCUT2D eigenvalue weighted by molar-refractivity contribution is 7.98. The van der Waals surface area contributed by atoms with Gasteiger partial charge in [0.05, 0.1) is 18.4 Å². The van der Waals surface area contributed by atoms with Gasteiger partial charge in [-0.15, -0.1) is 10.2 Å². The number of benzene rings is 3. The summed E-state index contributed by atoms with van der Waals surface area (Å²) in [6, 6.07) is 23.0. The van der Waals surface area contributed by atoms with Crippen molar-refractivity contribution in [2.45, 2.75) is 10.9 Å². The van der Waals surface area contributed by atoms with E-state index in [0.29, 0.717) is 27.6 Å². The third kappa shape index (κ3) is 3.89. The normalized spacial score (nSPS) is 11.2. The van der Waals surface area contributed by atoms with E-state index in [1.54, 1.807) is 7.11 Å². The second-order valence-corrected chi connectivity index (χ2v) is 8.06. The predicted octanol–water partition coefficient (Wildman–Crippen LogP) is 6.03. The fourth-order valence-electron chi connectivity index (χ4n) is 3.30. The number of ether oxygens (including phenoxy) is 1. The number of hydrogen-bond donors (Lipinski definition) is 0. The van der Waals surface area contributed by atoms with Crippen LogP contribution in [0.1, 0.15) is 5.89 Å². The number of para-hydroxylation sites is 3. The van der Waals surface area contributed by atoms with Gasteiger partial charge in [0, 0.05) is 10.7 Å². The van der Waals surface area contributed by atoms with E-state index in [4.69, 9.17) is 20.8 Å². The van der Waals surface area contributed by atoms with Crippen LogP contribution in [0.3, 0.4) is 0 Å². The van der Waals surface area contributed by atoms with Crippen molar-refractivity contribution < 1.29 is 9.15 Å². The maximum absolute atomic E-state index is 6.11. The number of oxazole rings is 1. The molecule has 3 aromatic carbocycles. The molecule has 0 amide bonds. The van der Waals surface area contributed by atoms with Crippen LogP contribution in [0.5, 0.6) is 5.75 Å². The molecule has 31 heavy (non-hydrogen) atoms. The topological polar surface area (TPSA) is 66.0 Å². The first-order valence-corrected chi connectivity index (χ1v) is 10.9. The van der Waals surface area contributed by atoms with Crippen molar-refractivity contribution in [3.8, 4) is 22.8 Å². The molecule has 2 aromatic heterocycles. The van der Waals surface area contributed by atoms with E-state index >= 15 is 0 Å². The first-order valence-electron chi connectivity index (χ1n) is 9.55. The summed E-state index contributed by atoms with van der Waals surface area (Å²) < 4.78 is 13.4. The second-order valence-electron chi connectivity index (χ2n) is 6.68. The van der Waals surface area contributed by atoms with E-state index in [2.05, 4.69) is 15.2 Å². The van der Waals surface area contributed by atoms with E-state index in [-0.39, 0.29) is 0 Å². The number of fused-ring (bicyclic) bond motifs is 1. The fourth-order valence-corrected chi connectivity index (χ4v) is 4.22. The quantitative estimate of drug-likeness (QED) is 0.295. The van der Waals surface area contributed by atoms with E-state index < -0.39 is 0 Å². The molecule has 2 heterocycles. The molecular formula is C23H17ClN4O2S. The van der Waals surface area contributed by atoms with Gasteiger partial charge in [0.2, 0.25) is 5.89 Å². The molecule has 0 radical (unpaired) electrons. The van der Waals surface area contributed by atoms with Crippen molar-refractivity contribution in [2.75, 3.05) is 7.11 Å². The van der Waals surface area contributed by atoms with Crippen molar-refractivity contribution in [3.05, 3.63) is 83.7 Å². The molecule has 0 spiro atoms. The summed E-state index contributed by atoms with van der Waals surface area (Å²) in [6.07, 6.45) is 0. The molecule has 0 unspecified atom stereocenters. The van der Waals surface area contributed by atoms with Crippen LogP contribution in [-0.4, -0.2) is 26.9 Å². The van der Waals surface area contributed by atoms with Gasteiger partial charge in [-0.2, -0.15) is 0 Å². The van der Waals surface area contributed by atoms with Crippen molar-refractivity contribution in [1.82, 2.24) is 19.7 Å². The van der Waals surface area contributed by atoms with Crippen LogP contribution in [0.4, 0.5) is 0 Å². The zero-order valence-electron chi connectivity index (χ0n) is 16.5. The lowest BCUT2D eigenvalue weighted by molar-refractivity contribution is 0.416. The maximum Gasteiger partial charge on any atom is 0.205 e. The molecule has 0 N–H and O–H groups in total. The fraction of sp³-hybridized carbons (Fsp3) is 0.0870. The number of rotatable bonds is 6.